The summed E-state index contributed by atoms with van der Waals surface area (Å²) in [7, 11) is 2.25. The third kappa shape index (κ3) is 2.95. The maximum Gasteiger partial charge on any atom is 0.0334 e. The second-order valence-corrected chi connectivity index (χ2v) is 7.55. The molecule has 0 spiro atoms. The van der Waals surface area contributed by atoms with Crippen LogP contribution >= 0.6 is 11.3 Å². The summed E-state index contributed by atoms with van der Waals surface area (Å²) >= 11 is 1.86. The van der Waals surface area contributed by atoms with E-state index in [4.69, 9.17) is 5.73 Å². The molecular weight excluding hydrogens is 240 g/mol. The Hall–Kier alpha value is -0.380. The van der Waals surface area contributed by atoms with Crippen LogP contribution in [0.25, 0.3) is 0 Å². The van der Waals surface area contributed by atoms with Crippen molar-refractivity contribution in [3.8, 4) is 0 Å². The summed E-state index contributed by atoms with van der Waals surface area (Å²) in [6, 6.07) is 4.36. The van der Waals surface area contributed by atoms with E-state index in [0.29, 0.717) is 5.41 Å². The van der Waals surface area contributed by atoms with Gasteiger partial charge >= 0.3 is 0 Å². The minimum absolute atomic E-state index is 0.237. The molecule has 1 fully saturated rings. The van der Waals surface area contributed by atoms with Crippen LogP contribution in [0.3, 0.4) is 0 Å². The molecule has 1 unspecified atom stereocenters. The minimum Gasteiger partial charge on any atom is -0.329 e. The van der Waals surface area contributed by atoms with Gasteiger partial charge in [0.2, 0.25) is 0 Å². The molecule has 1 aromatic heterocycles. The normalized spacial score (nSPS) is 26.9. The number of rotatable bonds is 5. The summed E-state index contributed by atoms with van der Waals surface area (Å²) in [5.41, 5.74) is 6.79. The van der Waals surface area contributed by atoms with Gasteiger partial charge < -0.3 is 5.73 Å². The number of hydrogen-bond donors (Lipinski definition) is 1. The van der Waals surface area contributed by atoms with E-state index in [-0.39, 0.29) is 5.54 Å². The first kappa shape index (κ1) is 14.0. The molecule has 0 aliphatic heterocycles. The molecule has 2 rings (SSSR count). The van der Waals surface area contributed by atoms with Crippen LogP contribution < -0.4 is 5.73 Å². The van der Waals surface area contributed by atoms with E-state index in [9.17, 15) is 0 Å². The molecule has 0 saturated heterocycles. The molecule has 0 radical (unpaired) electrons. The van der Waals surface area contributed by atoms with Crippen molar-refractivity contribution in [1.82, 2.24) is 4.90 Å². The van der Waals surface area contributed by atoms with Crippen LogP contribution in [0.5, 0.6) is 0 Å². The molecule has 1 aromatic rings. The van der Waals surface area contributed by atoms with Crippen LogP contribution in [0.1, 0.15) is 38.0 Å². The molecule has 0 aromatic carbocycles. The molecule has 0 amide bonds. The fourth-order valence-corrected chi connectivity index (χ4v) is 3.96. The minimum atomic E-state index is 0.237. The van der Waals surface area contributed by atoms with E-state index in [1.54, 1.807) is 0 Å². The predicted octanol–water partition coefficient (Wildman–Crippen LogP) is 3.13. The third-order valence-electron chi connectivity index (χ3n) is 4.54. The second kappa shape index (κ2) is 5.32. The molecule has 1 saturated carbocycles. The van der Waals surface area contributed by atoms with Gasteiger partial charge in [0.25, 0.3) is 0 Å². The van der Waals surface area contributed by atoms with Gasteiger partial charge in [-0.05, 0) is 49.6 Å². The van der Waals surface area contributed by atoms with Gasteiger partial charge in [-0.25, -0.2) is 0 Å². The van der Waals surface area contributed by atoms with Crippen molar-refractivity contribution < 1.29 is 0 Å². The lowest BCUT2D eigenvalue weighted by Crippen LogP contribution is -2.51. The molecule has 1 aliphatic carbocycles. The highest BCUT2D eigenvalue weighted by Gasteiger charge is 2.44. The van der Waals surface area contributed by atoms with Crippen molar-refractivity contribution in [1.29, 1.82) is 0 Å². The van der Waals surface area contributed by atoms with Crippen molar-refractivity contribution in [2.75, 3.05) is 20.1 Å². The molecule has 1 atom stereocenters. The van der Waals surface area contributed by atoms with Crippen molar-refractivity contribution in [2.24, 2.45) is 11.1 Å². The lowest BCUT2D eigenvalue weighted by Gasteiger charge is -2.39. The topological polar surface area (TPSA) is 29.3 Å². The second-order valence-electron chi connectivity index (χ2n) is 6.52. The highest BCUT2D eigenvalue weighted by molar-refractivity contribution is 7.09. The van der Waals surface area contributed by atoms with Gasteiger partial charge in [-0.3, -0.25) is 4.90 Å². The zero-order chi connectivity index (χ0) is 13.2. The average Bonchev–Trinajstić information content (AvgIpc) is 2.94. The maximum absolute atomic E-state index is 6.10. The van der Waals surface area contributed by atoms with Gasteiger partial charge in [0.15, 0.2) is 0 Å². The summed E-state index contributed by atoms with van der Waals surface area (Å²) in [6.07, 6.45) is 4.93. The van der Waals surface area contributed by atoms with Crippen molar-refractivity contribution in [3.63, 3.8) is 0 Å². The Morgan fingerprint density at radius 3 is 2.67 bits per heavy atom. The highest BCUT2D eigenvalue weighted by atomic mass is 32.1. The fraction of sp³-hybridized carbons (Fsp3) is 0.733. The molecule has 18 heavy (non-hydrogen) atoms. The van der Waals surface area contributed by atoms with Crippen LogP contribution in [0.15, 0.2) is 17.5 Å². The van der Waals surface area contributed by atoms with Crippen molar-refractivity contribution in [3.05, 3.63) is 22.4 Å². The van der Waals surface area contributed by atoms with E-state index in [2.05, 4.69) is 43.3 Å². The SMILES string of the molecule is CN(CCc1cccs1)C1(CN)CCC(C)(C)C1. The Bertz CT molecular complexity index is 372. The molecule has 0 bridgehead atoms. The maximum atomic E-state index is 6.10. The lowest BCUT2D eigenvalue weighted by molar-refractivity contribution is 0.120. The predicted molar refractivity (Wildman–Crippen MR) is 80.1 cm³/mol. The monoisotopic (exact) mass is 266 g/mol. The molecule has 3 heteroatoms. The van der Waals surface area contributed by atoms with Gasteiger partial charge in [0, 0.05) is 23.5 Å². The fourth-order valence-electron chi connectivity index (χ4n) is 3.26. The average molecular weight is 266 g/mol. The van der Waals surface area contributed by atoms with E-state index < -0.39 is 0 Å². The number of nitrogens with zero attached hydrogens (tertiary/aromatic N) is 1. The standard InChI is InChI=1S/C15H26N2S/c1-14(2)7-8-15(11-14,12-16)17(3)9-6-13-5-4-10-18-13/h4-5,10H,6-9,11-12,16H2,1-3H3. The lowest BCUT2D eigenvalue weighted by atomic mass is 9.87. The van der Waals surface area contributed by atoms with E-state index in [1.165, 1.54) is 24.1 Å². The molecular formula is C15H26N2S. The smallest absolute Gasteiger partial charge is 0.0334 e. The van der Waals surface area contributed by atoms with Crippen molar-refractivity contribution in [2.45, 2.75) is 45.1 Å². The van der Waals surface area contributed by atoms with Gasteiger partial charge in [-0.1, -0.05) is 19.9 Å². The zero-order valence-electron chi connectivity index (χ0n) is 11.9. The van der Waals surface area contributed by atoms with Crippen LogP contribution in [-0.4, -0.2) is 30.6 Å². The van der Waals surface area contributed by atoms with Crippen LogP contribution in [-0.2, 0) is 6.42 Å². The first-order chi connectivity index (χ1) is 8.47. The first-order valence-corrected chi connectivity index (χ1v) is 7.79. The Labute approximate surface area is 115 Å². The van der Waals surface area contributed by atoms with Gasteiger partial charge in [0.05, 0.1) is 0 Å². The van der Waals surface area contributed by atoms with E-state index >= 15 is 0 Å². The Morgan fingerprint density at radius 2 is 2.17 bits per heavy atom. The summed E-state index contributed by atoms with van der Waals surface area (Å²) in [5.74, 6) is 0. The van der Waals surface area contributed by atoms with Crippen molar-refractivity contribution >= 4 is 11.3 Å². The molecule has 2 nitrogen and oxygen atoms in total. The summed E-state index contributed by atoms with van der Waals surface area (Å²) in [4.78, 5) is 3.99. The molecule has 102 valence electrons. The zero-order valence-corrected chi connectivity index (χ0v) is 12.7. The van der Waals surface area contributed by atoms with Crippen LogP contribution in [0.4, 0.5) is 0 Å². The third-order valence-corrected chi connectivity index (χ3v) is 5.47. The Morgan fingerprint density at radius 1 is 1.39 bits per heavy atom. The number of thiophene rings is 1. The van der Waals surface area contributed by atoms with Crippen LogP contribution in [0.2, 0.25) is 0 Å². The van der Waals surface area contributed by atoms with Crippen LogP contribution in [0, 0.1) is 5.41 Å². The Balaban J connectivity index is 1.96. The first-order valence-electron chi connectivity index (χ1n) is 6.91. The summed E-state index contributed by atoms with van der Waals surface area (Å²) < 4.78 is 0. The molecule has 1 aliphatic rings. The summed E-state index contributed by atoms with van der Waals surface area (Å²) in [6.45, 7) is 6.65. The van der Waals surface area contributed by atoms with E-state index in [0.717, 1.165) is 19.5 Å². The Kier molecular flexibility index (Phi) is 4.15. The number of hydrogen-bond acceptors (Lipinski definition) is 3. The molecule has 2 N–H and O–H groups in total. The van der Waals surface area contributed by atoms with Gasteiger partial charge in [0.1, 0.15) is 0 Å². The number of likely N-dealkylation sites (N-methyl/N-ethyl adjacent to an activating group) is 1. The highest BCUT2D eigenvalue weighted by Crippen LogP contribution is 2.45. The molecule has 1 heterocycles. The quantitative estimate of drug-likeness (QED) is 0.887. The number of nitrogens with two attached hydrogens (primary N) is 1. The van der Waals surface area contributed by atoms with Gasteiger partial charge in [-0.2, -0.15) is 0 Å². The van der Waals surface area contributed by atoms with E-state index in [1.807, 2.05) is 11.3 Å². The largest absolute Gasteiger partial charge is 0.329 e. The van der Waals surface area contributed by atoms with Gasteiger partial charge in [-0.15, -0.1) is 11.3 Å². The summed E-state index contributed by atoms with van der Waals surface area (Å²) in [5, 5.41) is 2.16.